The summed E-state index contributed by atoms with van der Waals surface area (Å²) < 4.78 is 0. The Bertz CT molecular complexity index is 424. The van der Waals surface area contributed by atoms with Crippen LogP contribution in [0.3, 0.4) is 0 Å². The molecule has 0 radical (unpaired) electrons. The van der Waals surface area contributed by atoms with Crippen LogP contribution in [0, 0.1) is 5.41 Å². The number of carbonyl (C=O) groups is 1. The Labute approximate surface area is 111 Å². The molecule has 0 saturated heterocycles. The molecule has 0 fully saturated rings. The molecule has 0 unspecified atom stereocenters. The molecule has 1 aromatic carbocycles. The Morgan fingerprint density at radius 3 is 2.44 bits per heavy atom. The minimum Gasteiger partial charge on any atom is -0.464 e. The summed E-state index contributed by atoms with van der Waals surface area (Å²) in [6.45, 7) is 6.28. The van der Waals surface area contributed by atoms with Crippen LogP contribution in [0.5, 0.6) is 0 Å². The maximum Gasteiger partial charge on any atom is 0.425 e. The molecule has 98 valence electrons. The van der Waals surface area contributed by atoms with Gasteiger partial charge in [-0.3, -0.25) is 0 Å². The molecule has 0 aliphatic carbocycles. The molecule has 5 heteroatoms. The van der Waals surface area contributed by atoms with Crippen LogP contribution in [-0.2, 0) is 0 Å². The van der Waals surface area contributed by atoms with Gasteiger partial charge >= 0.3 is 6.09 Å². The van der Waals surface area contributed by atoms with Crippen molar-refractivity contribution >= 4 is 22.9 Å². The number of nitrogens with one attached hydrogen (secondary N) is 1. The number of hydrazone groups is 1. The number of nitrogens with zero attached hydrogens (tertiary/aromatic N) is 1. The van der Waals surface area contributed by atoms with E-state index in [0.717, 1.165) is 9.94 Å². The first-order valence-electron chi connectivity index (χ1n) is 5.65. The van der Waals surface area contributed by atoms with Gasteiger partial charge in [0, 0.05) is 11.3 Å². The van der Waals surface area contributed by atoms with Gasteiger partial charge in [0.25, 0.3) is 0 Å². The summed E-state index contributed by atoms with van der Waals surface area (Å²) in [5.41, 5.74) is 2.13. The Balaban J connectivity index is 2.78. The summed E-state index contributed by atoms with van der Waals surface area (Å²) in [6.07, 6.45) is -0.428. The van der Waals surface area contributed by atoms with E-state index in [4.69, 9.17) is 5.11 Å². The van der Waals surface area contributed by atoms with Crippen molar-refractivity contribution in [1.29, 1.82) is 0 Å². The standard InChI is InChI=1S/C13H18N2O2S/c1-13(2,3)9-11(14-15-12(16)17)18-10-7-5-4-6-8-10/h4-8,15H,9H2,1-3H3,(H,16,17)/b14-11-. The van der Waals surface area contributed by atoms with Crippen molar-refractivity contribution < 1.29 is 9.90 Å². The third kappa shape index (κ3) is 6.30. The van der Waals surface area contributed by atoms with Crippen LogP contribution in [0.2, 0.25) is 0 Å². The quantitative estimate of drug-likeness (QED) is 0.378. The lowest BCUT2D eigenvalue weighted by atomic mass is 9.93. The number of carboxylic acid groups (broad SMARTS) is 1. The van der Waals surface area contributed by atoms with Crippen LogP contribution < -0.4 is 5.43 Å². The molecule has 2 N–H and O–H groups in total. The summed E-state index contributed by atoms with van der Waals surface area (Å²) in [7, 11) is 0. The highest BCUT2D eigenvalue weighted by molar-refractivity contribution is 8.14. The lowest BCUT2D eigenvalue weighted by Gasteiger charge is -2.18. The van der Waals surface area contributed by atoms with E-state index >= 15 is 0 Å². The molecule has 1 amide bonds. The minimum atomic E-state index is -1.14. The third-order valence-corrected chi connectivity index (χ3v) is 2.92. The number of hydrogen-bond donors (Lipinski definition) is 2. The lowest BCUT2D eigenvalue weighted by molar-refractivity contribution is 0.195. The van der Waals surface area contributed by atoms with Crippen LogP contribution in [0.15, 0.2) is 40.3 Å². The number of amides is 1. The van der Waals surface area contributed by atoms with Gasteiger partial charge in [-0.1, -0.05) is 50.7 Å². The molecule has 1 rings (SSSR count). The first kappa shape index (κ1) is 14.6. The van der Waals surface area contributed by atoms with E-state index in [1.165, 1.54) is 11.8 Å². The van der Waals surface area contributed by atoms with E-state index < -0.39 is 6.09 Å². The summed E-state index contributed by atoms with van der Waals surface area (Å²) in [5, 5.41) is 13.3. The van der Waals surface area contributed by atoms with Gasteiger partial charge in [0.05, 0.1) is 5.04 Å². The van der Waals surface area contributed by atoms with Crippen molar-refractivity contribution in [2.45, 2.75) is 32.1 Å². The predicted molar refractivity (Wildman–Crippen MR) is 75.0 cm³/mol. The van der Waals surface area contributed by atoms with Crippen molar-refractivity contribution in [3.63, 3.8) is 0 Å². The summed E-state index contributed by atoms with van der Waals surface area (Å²) >= 11 is 1.48. The van der Waals surface area contributed by atoms with Gasteiger partial charge < -0.3 is 5.11 Å². The predicted octanol–water partition coefficient (Wildman–Crippen LogP) is 3.80. The lowest BCUT2D eigenvalue weighted by Crippen LogP contribution is -2.18. The number of rotatable bonds is 3. The SMILES string of the molecule is CC(C)(C)C/C(=N/NC(=O)O)Sc1ccccc1. The number of thioether (sulfide) groups is 1. The summed E-state index contributed by atoms with van der Waals surface area (Å²) in [4.78, 5) is 11.5. The first-order chi connectivity index (χ1) is 8.37. The molecule has 0 saturated carbocycles. The van der Waals surface area contributed by atoms with Gasteiger partial charge in [-0.25, -0.2) is 10.2 Å². The second kappa shape index (κ2) is 6.44. The first-order valence-corrected chi connectivity index (χ1v) is 6.47. The van der Waals surface area contributed by atoms with Crippen LogP contribution in [0.4, 0.5) is 4.79 Å². The van der Waals surface area contributed by atoms with Crippen molar-refractivity contribution in [2.24, 2.45) is 10.5 Å². The highest BCUT2D eigenvalue weighted by Crippen LogP contribution is 2.28. The van der Waals surface area contributed by atoms with Crippen LogP contribution in [0.1, 0.15) is 27.2 Å². The van der Waals surface area contributed by atoms with E-state index in [9.17, 15) is 4.79 Å². The fraction of sp³-hybridized carbons (Fsp3) is 0.385. The molecule has 0 bridgehead atoms. The molecular weight excluding hydrogens is 248 g/mol. The van der Waals surface area contributed by atoms with Gasteiger partial charge in [-0.15, -0.1) is 0 Å². The van der Waals surface area contributed by atoms with E-state index in [-0.39, 0.29) is 5.41 Å². The van der Waals surface area contributed by atoms with Gasteiger partial charge in [-0.05, 0) is 17.5 Å². The molecule has 0 heterocycles. The molecule has 0 aromatic heterocycles. The average molecular weight is 266 g/mol. The molecule has 0 aliphatic heterocycles. The Morgan fingerprint density at radius 1 is 1.33 bits per heavy atom. The largest absolute Gasteiger partial charge is 0.464 e. The van der Waals surface area contributed by atoms with Crippen molar-refractivity contribution in [3.05, 3.63) is 30.3 Å². The summed E-state index contributed by atoms with van der Waals surface area (Å²) in [5.74, 6) is 0. The van der Waals surface area contributed by atoms with Crippen molar-refractivity contribution in [1.82, 2.24) is 5.43 Å². The molecule has 18 heavy (non-hydrogen) atoms. The highest BCUT2D eigenvalue weighted by atomic mass is 32.2. The zero-order valence-electron chi connectivity index (χ0n) is 10.8. The Kier molecular flexibility index (Phi) is 5.22. The van der Waals surface area contributed by atoms with E-state index in [0.29, 0.717) is 6.42 Å². The molecule has 1 aromatic rings. The second-order valence-corrected chi connectivity index (χ2v) is 6.22. The number of hydrogen-bond acceptors (Lipinski definition) is 3. The highest BCUT2D eigenvalue weighted by Gasteiger charge is 2.16. The topological polar surface area (TPSA) is 61.7 Å². The minimum absolute atomic E-state index is 0.0563. The van der Waals surface area contributed by atoms with Gasteiger partial charge in [-0.2, -0.15) is 5.10 Å². The monoisotopic (exact) mass is 266 g/mol. The van der Waals surface area contributed by atoms with Crippen LogP contribution >= 0.6 is 11.8 Å². The molecular formula is C13H18N2O2S. The fourth-order valence-corrected chi connectivity index (χ4v) is 2.45. The van der Waals surface area contributed by atoms with E-state index in [1.807, 2.05) is 30.3 Å². The molecule has 0 spiro atoms. The van der Waals surface area contributed by atoms with Gasteiger partial charge in [0.2, 0.25) is 0 Å². The second-order valence-electron chi connectivity index (χ2n) is 5.08. The Morgan fingerprint density at radius 2 is 1.94 bits per heavy atom. The average Bonchev–Trinajstić information content (AvgIpc) is 2.25. The molecule has 4 nitrogen and oxygen atoms in total. The van der Waals surface area contributed by atoms with E-state index in [2.05, 4.69) is 31.3 Å². The van der Waals surface area contributed by atoms with Crippen molar-refractivity contribution in [2.75, 3.05) is 0 Å². The van der Waals surface area contributed by atoms with Gasteiger partial charge in [0.15, 0.2) is 0 Å². The maximum absolute atomic E-state index is 10.5. The zero-order valence-corrected chi connectivity index (χ0v) is 11.6. The Hall–Kier alpha value is -1.49. The fourth-order valence-electron chi connectivity index (χ4n) is 1.29. The molecule has 0 aliphatic rings. The van der Waals surface area contributed by atoms with E-state index in [1.54, 1.807) is 0 Å². The molecule has 0 atom stereocenters. The smallest absolute Gasteiger partial charge is 0.425 e. The zero-order chi connectivity index (χ0) is 13.6. The summed E-state index contributed by atoms with van der Waals surface area (Å²) in [6, 6.07) is 9.79. The maximum atomic E-state index is 10.5. The normalized spacial score (nSPS) is 12.3. The third-order valence-electron chi connectivity index (χ3n) is 1.94. The number of benzene rings is 1. The van der Waals surface area contributed by atoms with Crippen molar-refractivity contribution in [3.8, 4) is 0 Å². The van der Waals surface area contributed by atoms with Crippen LogP contribution in [-0.4, -0.2) is 16.2 Å². The van der Waals surface area contributed by atoms with Crippen LogP contribution in [0.25, 0.3) is 0 Å². The van der Waals surface area contributed by atoms with Gasteiger partial charge in [0.1, 0.15) is 0 Å².